The first-order chi connectivity index (χ1) is 14.1. The molecule has 0 amide bonds. The average molecular weight is 410 g/mol. The van der Waals surface area contributed by atoms with Crippen LogP contribution in [0.15, 0.2) is 0 Å². The summed E-state index contributed by atoms with van der Waals surface area (Å²) in [5, 5.41) is 3.78. The average Bonchev–Trinajstić information content (AvgIpc) is 2.95. The molecule has 1 aliphatic rings. The fraction of sp³-hybridized carbons (Fsp3) is 1.00. The topological polar surface area (TPSA) is 12.0 Å². The summed E-state index contributed by atoms with van der Waals surface area (Å²) >= 11 is 0. The highest BCUT2D eigenvalue weighted by molar-refractivity contribution is 4.70. The van der Waals surface area contributed by atoms with Crippen molar-refractivity contribution in [2.24, 2.45) is 0 Å². The summed E-state index contributed by atoms with van der Waals surface area (Å²) in [6, 6.07) is 0.758. The molecule has 1 fully saturated rings. The third-order valence-corrected chi connectivity index (χ3v) is 6.99. The first-order valence-electron chi connectivity index (χ1n) is 13.7. The first-order valence-corrected chi connectivity index (χ1v) is 13.7. The second-order valence-electron chi connectivity index (χ2n) is 10.6. The Morgan fingerprint density at radius 3 is 1.62 bits per heavy atom. The molecule has 0 bridgehead atoms. The van der Waals surface area contributed by atoms with Crippen molar-refractivity contribution in [2.75, 3.05) is 33.7 Å². The zero-order valence-corrected chi connectivity index (χ0v) is 20.8. The molecule has 0 aromatic carbocycles. The van der Waals surface area contributed by atoms with Gasteiger partial charge in [-0.2, -0.15) is 0 Å². The maximum atomic E-state index is 3.78. The first kappa shape index (κ1) is 27.0. The number of nitrogens with one attached hydrogen (secondary N) is 1. The molecular formula is C27H57N2+. The van der Waals surface area contributed by atoms with Crippen molar-refractivity contribution in [3.05, 3.63) is 0 Å². The normalized spacial score (nSPS) is 18.1. The second-order valence-corrected chi connectivity index (χ2v) is 10.6. The molecule has 1 heterocycles. The number of nitrogens with zero attached hydrogens (tertiary/aromatic N) is 1. The van der Waals surface area contributed by atoms with Gasteiger partial charge in [0.05, 0.1) is 33.2 Å². The maximum absolute atomic E-state index is 3.78. The van der Waals surface area contributed by atoms with Gasteiger partial charge in [-0.1, -0.05) is 110 Å². The Bertz CT molecular complexity index is 331. The summed E-state index contributed by atoms with van der Waals surface area (Å²) in [5.74, 6) is 0. The lowest BCUT2D eigenvalue weighted by molar-refractivity contribution is -0.891. The molecule has 0 radical (unpaired) electrons. The highest BCUT2D eigenvalue weighted by Crippen LogP contribution is 2.15. The van der Waals surface area contributed by atoms with Crippen LogP contribution in [-0.4, -0.2) is 44.3 Å². The zero-order chi connectivity index (χ0) is 21.0. The Morgan fingerprint density at radius 1 is 0.621 bits per heavy atom. The van der Waals surface area contributed by atoms with Crippen molar-refractivity contribution in [1.29, 1.82) is 0 Å². The van der Waals surface area contributed by atoms with Crippen molar-refractivity contribution in [3.63, 3.8) is 0 Å². The van der Waals surface area contributed by atoms with Crippen LogP contribution in [0.1, 0.15) is 135 Å². The quantitative estimate of drug-likeness (QED) is 0.169. The molecular weight excluding hydrogens is 352 g/mol. The van der Waals surface area contributed by atoms with Gasteiger partial charge < -0.3 is 9.80 Å². The molecule has 2 heteroatoms. The van der Waals surface area contributed by atoms with E-state index in [1.165, 1.54) is 153 Å². The van der Waals surface area contributed by atoms with Gasteiger partial charge in [0.15, 0.2) is 0 Å². The van der Waals surface area contributed by atoms with Gasteiger partial charge in [-0.3, -0.25) is 0 Å². The van der Waals surface area contributed by atoms with Gasteiger partial charge in [0.25, 0.3) is 0 Å². The molecule has 174 valence electrons. The number of unbranched alkanes of at least 4 members (excludes halogenated alkanes) is 15. The van der Waals surface area contributed by atoms with Gasteiger partial charge in [-0.15, -0.1) is 0 Å². The molecule has 0 spiro atoms. The van der Waals surface area contributed by atoms with Gasteiger partial charge in [0.2, 0.25) is 0 Å². The van der Waals surface area contributed by atoms with Gasteiger partial charge in [-0.25, -0.2) is 0 Å². The lowest BCUT2D eigenvalue weighted by Crippen LogP contribution is -2.50. The summed E-state index contributed by atoms with van der Waals surface area (Å²) in [5.41, 5.74) is 0. The van der Waals surface area contributed by atoms with Crippen molar-refractivity contribution < 1.29 is 4.48 Å². The van der Waals surface area contributed by atoms with E-state index in [2.05, 4.69) is 26.3 Å². The van der Waals surface area contributed by atoms with E-state index in [1.54, 1.807) is 0 Å². The van der Waals surface area contributed by atoms with Crippen LogP contribution in [0.5, 0.6) is 0 Å². The Morgan fingerprint density at radius 2 is 1.10 bits per heavy atom. The minimum Gasteiger partial charge on any atom is -0.327 e. The Kier molecular flexibility index (Phi) is 17.4. The molecule has 0 aromatic rings. The molecule has 1 rings (SSSR count). The molecule has 1 unspecified atom stereocenters. The van der Waals surface area contributed by atoms with Crippen molar-refractivity contribution in [2.45, 2.75) is 141 Å². The fourth-order valence-electron chi connectivity index (χ4n) is 5.03. The SMILES string of the molecule is CCCCCCCCCCCCCCCCCC[N+](C)(C)CC1CCCCCN1. The van der Waals surface area contributed by atoms with Crippen LogP contribution in [-0.2, 0) is 0 Å². The molecule has 1 saturated heterocycles. The minimum absolute atomic E-state index is 0.758. The van der Waals surface area contributed by atoms with Crippen LogP contribution >= 0.6 is 0 Å². The summed E-state index contributed by atoms with van der Waals surface area (Å²) < 4.78 is 1.20. The smallest absolute Gasteiger partial charge is 0.0938 e. The van der Waals surface area contributed by atoms with Crippen LogP contribution < -0.4 is 5.32 Å². The predicted octanol–water partition coefficient (Wildman–Crippen LogP) is 7.86. The van der Waals surface area contributed by atoms with Gasteiger partial charge in [0, 0.05) is 0 Å². The molecule has 2 nitrogen and oxygen atoms in total. The van der Waals surface area contributed by atoms with Crippen molar-refractivity contribution in [1.82, 2.24) is 5.32 Å². The lowest BCUT2D eigenvalue weighted by Gasteiger charge is -2.33. The predicted molar refractivity (Wildman–Crippen MR) is 132 cm³/mol. The number of hydrogen-bond donors (Lipinski definition) is 1. The van der Waals surface area contributed by atoms with E-state index in [0.29, 0.717) is 0 Å². The van der Waals surface area contributed by atoms with E-state index >= 15 is 0 Å². The fourth-order valence-corrected chi connectivity index (χ4v) is 5.03. The number of quaternary nitrogens is 1. The van der Waals surface area contributed by atoms with Crippen molar-refractivity contribution in [3.8, 4) is 0 Å². The van der Waals surface area contributed by atoms with E-state index in [4.69, 9.17) is 0 Å². The zero-order valence-electron chi connectivity index (χ0n) is 20.8. The molecule has 1 N–H and O–H groups in total. The van der Waals surface area contributed by atoms with Crippen LogP contribution in [0.25, 0.3) is 0 Å². The molecule has 1 atom stereocenters. The van der Waals surface area contributed by atoms with Crippen LogP contribution in [0.4, 0.5) is 0 Å². The second kappa shape index (κ2) is 18.7. The third kappa shape index (κ3) is 17.3. The summed E-state index contributed by atoms with van der Waals surface area (Å²) in [6.07, 6.45) is 29.0. The van der Waals surface area contributed by atoms with E-state index in [0.717, 1.165) is 6.04 Å². The van der Waals surface area contributed by atoms with Gasteiger partial charge >= 0.3 is 0 Å². The highest BCUT2D eigenvalue weighted by Gasteiger charge is 2.22. The lowest BCUT2D eigenvalue weighted by atomic mass is 10.0. The third-order valence-electron chi connectivity index (χ3n) is 6.99. The number of rotatable bonds is 19. The van der Waals surface area contributed by atoms with Gasteiger partial charge in [-0.05, 0) is 32.2 Å². The van der Waals surface area contributed by atoms with E-state index in [1.807, 2.05) is 0 Å². The Labute approximate surface area is 185 Å². The summed E-state index contributed by atoms with van der Waals surface area (Å²) in [4.78, 5) is 0. The van der Waals surface area contributed by atoms with Crippen molar-refractivity contribution >= 4 is 0 Å². The van der Waals surface area contributed by atoms with E-state index < -0.39 is 0 Å². The molecule has 1 aliphatic heterocycles. The summed E-state index contributed by atoms with van der Waals surface area (Å²) in [7, 11) is 4.88. The molecule has 0 aliphatic carbocycles. The van der Waals surface area contributed by atoms with Crippen LogP contribution in [0.3, 0.4) is 0 Å². The Balaban J connectivity index is 1.82. The van der Waals surface area contributed by atoms with Gasteiger partial charge in [0.1, 0.15) is 0 Å². The number of hydrogen-bond acceptors (Lipinski definition) is 1. The monoisotopic (exact) mass is 409 g/mol. The standard InChI is InChI=1S/C27H57N2/c1-4-5-6-7-8-9-10-11-12-13-14-15-16-17-18-22-25-29(2,3)26-27-23-20-19-21-24-28-27/h27-28H,4-26H2,1-3H3/q+1. The summed E-state index contributed by atoms with van der Waals surface area (Å²) in [6.45, 7) is 6.22. The highest BCUT2D eigenvalue weighted by atomic mass is 15.3. The molecule has 29 heavy (non-hydrogen) atoms. The minimum atomic E-state index is 0.758. The van der Waals surface area contributed by atoms with Crippen LogP contribution in [0, 0.1) is 0 Å². The maximum Gasteiger partial charge on any atom is 0.0938 e. The Hall–Kier alpha value is -0.0800. The van der Waals surface area contributed by atoms with Crippen LogP contribution in [0.2, 0.25) is 0 Å². The molecule has 0 aromatic heterocycles. The van der Waals surface area contributed by atoms with E-state index in [-0.39, 0.29) is 0 Å². The molecule has 0 saturated carbocycles. The number of likely N-dealkylation sites (N-methyl/N-ethyl adjacent to an activating group) is 1. The largest absolute Gasteiger partial charge is 0.327 e. The van der Waals surface area contributed by atoms with E-state index in [9.17, 15) is 0 Å².